The van der Waals surface area contributed by atoms with Gasteiger partial charge in [-0.1, -0.05) is 48.0 Å². The molecule has 1 amide bonds. The molecule has 0 aliphatic rings. The normalized spacial score (nSPS) is 10.6. The summed E-state index contributed by atoms with van der Waals surface area (Å²) in [6.07, 6.45) is 0. The zero-order chi connectivity index (χ0) is 18.7. The number of aryl methyl sites for hydroxylation is 2. The highest BCUT2D eigenvalue weighted by Gasteiger charge is 2.12. The van der Waals surface area contributed by atoms with E-state index in [0.717, 1.165) is 27.9 Å². The van der Waals surface area contributed by atoms with E-state index in [0.29, 0.717) is 17.1 Å². The van der Waals surface area contributed by atoms with Crippen LogP contribution in [0.2, 0.25) is 5.02 Å². The second kappa shape index (κ2) is 7.58. The summed E-state index contributed by atoms with van der Waals surface area (Å²) in [6.45, 7) is 4.11. The fourth-order valence-corrected chi connectivity index (χ4v) is 3.16. The highest BCUT2D eigenvalue weighted by atomic mass is 35.5. The van der Waals surface area contributed by atoms with E-state index in [9.17, 15) is 9.59 Å². The number of aromatic amines is 1. The molecule has 0 radical (unpaired) electrons. The van der Waals surface area contributed by atoms with Crippen LogP contribution in [0.3, 0.4) is 0 Å². The van der Waals surface area contributed by atoms with Crippen LogP contribution in [-0.4, -0.2) is 10.9 Å². The summed E-state index contributed by atoms with van der Waals surface area (Å²) in [5.74, 6) is -0.192. The number of carbonyl (C=O) groups excluding carboxylic acids is 1. The number of aromatic nitrogens is 1. The van der Waals surface area contributed by atoms with E-state index in [1.807, 2.05) is 56.3 Å². The molecule has 0 aliphatic carbocycles. The Balaban J connectivity index is 1.72. The minimum Gasteiger partial charge on any atom is -0.348 e. The minimum absolute atomic E-state index is 0.119. The van der Waals surface area contributed by atoms with Gasteiger partial charge in [0.15, 0.2) is 0 Å². The topological polar surface area (TPSA) is 62.0 Å². The number of carbonyl (C=O) groups is 1. The average molecular weight is 367 g/mol. The Kier molecular flexibility index (Phi) is 5.24. The SMILES string of the molecule is Cc1cc(-c2ccc(CNC(=O)c3c(C)cccc3Cl)cc2)cc(=O)[nH]1. The summed E-state index contributed by atoms with van der Waals surface area (Å²) in [7, 11) is 0. The van der Waals surface area contributed by atoms with Crippen LogP contribution < -0.4 is 10.9 Å². The molecule has 3 aromatic rings. The molecule has 1 aromatic heterocycles. The molecular weight excluding hydrogens is 348 g/mol. The molecule has 0 fully saturated rings. The Hall–Kier alpha value is -2.85. The highest BCUT2D eigenvalue weighted by molar-refractivity contribution is 6.34. The monoisotopic (exact) mass is 366 g/mol. The summed E-state index contributed by atoms with van der Waals surface area (Å²) < 4.78 is 0. The van der Waals surface area contributed by atoms with Gasteiger partial charge in [0.2, 0.25) is 5.56 Å². The summed E-state index contributed by atoms with van der Waals surface area (Å²) in [5, 5.41) is 3.34. The summed E-state index contributed by atoms with van der Waals surface area (Å²) in [5.41, 5.74) is 4.84. The number of benzene rings is 2. The maximum Gasteiger partial charge on any atom is 0.253 e. The second-order valence-corrected chi connectivity index (χ2v) is 6.63. The van der Waals surface area contributed by atoms with Crippen LogP contribution in [-0.2, 0) is 6.54 Å². The first-order valence-corrected chi connectivity index (χ1v) is 8.65. The third-order valence-corrected chi connectivity index (χ3v) is 4.48. The summed E-state index contributed by atoms with van der Waals surface area (Å²) in [6, 6.07) is 16.6. The van der Waals surface area contributed by atoms with Crippen LogP contribution in [0.15, 0.2) is 59.4 Å². The van der Waals surface area contributed by atoms with Crippen LogP contribution in [0, 0.1) is 13.8 Å². The molecule has 3 rings (SSSR count). The number of hydrogen-bond donors (Lipinski definition) is 2. The number of nitrogens with one attached hydrogen (secondary N) is 2. The van der Waals surface area contributed by atoms with Gasteiger partial charge in [-0.25, -0.2) is 0 Å². The fraction of sp³-hybridized carbons (Fsp3) is 0.143. The van der Waals surface area contributed by atoms with E-state index in [4.69, 9.17) is 11.6 Å². The first-order chi connectivity index (χ1) is 12.4. The van der Waals surface area contributed by atoms with E-state index < -0.39 is 0 Å². The van der Waals surface area contributed by atoms with Crippen molar-refractivity contribution in [1.29, 1.82) is 0 Å². The minimum atomic E-state index is -0.192. The zero-order valence-electron chi connectivity index (χ0n) is 14.6. The quantitative estimate of drug-likeness (QED) is 0.725. The van der Waals surface area contributed by atoms with Gasteiger partial charge in [0, 0.05) is 18.3 Å². The van der Waals surface area contributed by atoms with Gasteiger partial charge in [0.05, 0.1) is 10.6 Å². The smallest absolute Gasteiger partial charge is 0.253 e. The van der Waals surface area contributed by atoms with Crippen molar-refractivity contribution in [2.24, 2.45) is 0 Å². The van der Waals surface area contributed by atoms with Crippen molar-refractivity contribution in [1.82, 2.24) is 10.3 Å². The Morgan fingerprint density at radius 3 is 2.42 bits per heavy atom. The van der Waals surface area contributed by atoms with Gasteiger partial charge in [-0.05, 0) is 48.2 Å². The molecule has 0 spiro atoms. The Morgan fingerprint density at radius 2 is 1.77 bits per heavy atom. The lowest BCUT2D eigenvalue weighted by atomic mass is 10.0. The van der Waals surface area contributed by atoms with Gasteiger partial charge in [-0.15, -0.1) is 0 Å². The molecule has 26 heavy (non-hydrogen) atoms. The Bertz CT molecular complexity index is 987. The van der Waals surface area contributed by atoms with Crippen molar-refractivity contribution in [2.75, 3.05) is 0 Å². The lowest BCUT2D eigenvalue weighted by Gasteiger charge is -2.10. The van der Waals surface area contributed by atoms with Gasteiger partial charge in [-0.2, -0.15) is 0 Å². The number of halogens is 1. The van der Waals surface area contributed by atoms with Crippen LogP contribution >= 0.6 is 11.6 Å². The molecule has 2 aromatic carbocycles. The zero-order valence-corrected chi connectivity index (χ0v) is 15.4. The van der Waals surface area contributed by atoms with Gasteiger partial charge >= 0.3 is 0 Å². The highest BCUT2D eigenvalue weighted by Crippen LogP contribution is 2.20. The predicted octanol–water partition coefficient (Wildman–Crippen LogP) is 4.24. The maximum absolute atomic E-state index is 12.4. The molecule has 0 bridgehead atoms. The van der Waals surface area contributed by atoms with Crippen LogP contribution in [0.25, 0.3) is 11.1 Å². The molecule has 0 saturated carbocycles. The van der Waals surface area contributed by atoms with Crippen LogP contribution in [0.5, 0.6) is 0 Å². The van der Waals surface area contributed by atoms with Crippen molar-refractivity contribution >= 4 is 17.5 Å². The van der Waals surface area contributed by atoms with E-state index in [1.54, 1.807) is 12.1 Å². The van der Waals surface area contributed by atoms with Crippen molar-refractivity contribution < 1.29 is 4.79 Å². The van der Waals surface area contributed by atoms with Gasteiger partial charge in [0.25, 0.3) is 5.91 Å². The summed E-state index contributed by atoms with van der Waals surface area (Å²) >= 11 is 6.13. The largest absolute Gasteiger partial charge is 0.348 e. The molecule has 132 valence electrons. The molecule has 4 nitrogen and oxygen atoms in total. The van der Waals surface area contributed by atoms with E-state index in [2.05, 4.69) is 10.3 Å². The van der Waals surface area contributed by atoms with E-state index in [-0.39, 0.29) is 11.5 Å². The molecule has 5 heteroatoms. The molecule has 0 unspecified atom stereocenters. The van der Waals surface area contributed by atoms with Crippen molar-refractivity contribution in [3.63, 3.8) is 0 Å². The summed E-state index contributed by atoms with van der Waals surface area (Å²) in [4.78, 5) is 26.7. The van der Waals surface area contributed by atoms with Gasteiger partial charge < -0.3 is 10.3 Å². The molecule has 0 atom stereocenters. The molecule has 1 heterocycles. The molecular formula is C21H19ClN2O2. The number of amides is 1. The fourth-order valence-electron chi connectivity index (χ4n) is 2.85. The molecule has 0 saturated heterocycles. The number of H-pyrrole nitrogens is 1. The Labute approximate surface area is 156 Å². The van der Waals surface area contributed by atoms with Crippen LogP contribution in [0.1, 0.15) is 27.2 Å². The van der Waals surface area contributed by atoms with Crippen molar-refractivity contribution in [3.05, 3.63) is 92.4 Å². The lowest BCUT2D eigenvalue weighted by Crippen LogP contribution is -2.24. The van der Waals surface area contributed by atoms with E-state index >= 15 is 0 Å². The molecule has 2 N–H and O–H groups in total. The Morgan fingerprint density at radius 1 is 1.04 bits per heavy atom. The predicted molar refractivity (Wildman–Crippen MR) is 105 cm³/mol. The number of hydrogen-bond acceptors (Lipinski definition) is 2. The molecule has 0 aliphatic heterocycles. The maximum atomic E-state index is 12.4. The number of pyridine rings is 1. The third-order valence-electron chi connectivity index (χ3n) is 4.17. The second-order valence-electron chi connectivity index (χ2n) is 6.23. The standard InChI is InChI=1S/C21H19ClN2O2/c1-13-4-3-5-18(22)20(13)21(26)23-12-15-6-8-16(9-7-15)17-10-14(2)24-19(25)11-17/h3-11H,12H2,1-2H3,(H,23,26)(H,24,25). The average Bonchev–Trinajstić information content (AvgIpc) is 2.59. The van der Waals surface area contributed by atoms with Gasteiger partial charge in [-0.3, -0.25) is 9.59 Å². The first kappa shape index (κ1) is 18.0. The van der Waals surface area contributed by atoms with E-state index in [1.165, 1.54) is 0 Å². The van der Waals surface area contributed by atoms with Crippen molar-refractivity contribution in [2.45, 2.75) is 20.4 Å². The third kappa shape index (κ3) is 4.03. The van der Waals surface area contributed by atoms with Crippen LogP contribution in [0.4, 0.5) is 0 Å². The lowest BCUT2D eigenvalue weighted by molar-refractivity contribution is 0.0950. The first-order valence-electron chi connectivity index (χ1n) is 8.27. The number of rotatable bonds is 4. The van der Waals surface area contributed by atoms with Gasteiger partial charge in [0.1, 0.15) is 0 Å². The van der Waals surface area contributed by atoms with Crippen molar-refractivity contribution in [3.8, 4) is 11.1 Å².